The van der Waals surface area contributed by atoms with Gasteiger partial charge in [0.1, 0.15) is 0 Å². The van der Waals surface area contributed by atoms with Crippen LogP contribution < -0.4 is 0 Å². The first-order valence-corrected chi connectivity index (χ1v) is 7.22. The Labute approximate surface area is 119 Å². The number of hydrogen-bond donors (Lipinski definition) is 0. The second-order valence-corrected chi connectivity index (χ2v) is 5.68. The number of rotatable bonds is 2. The summed E-state index contributed by atoms with van der Waals surface area (Å²) in [6.07, 6.45) is 4.82. The summed E-state index contributed by atoms with van der Waals surface area (Å²) in [5.41, 5.74) is 5.28. The summed E-state index contributed by atoms with van der Waals surface area (Å²) in [5, 5.41) is 0. The summed E-state index contributed by atoms with van der Waals surface area (Å²) < 4.78 is 0. The standard InChI is InChI=1S/C18H19NO/c1-12-8-9-13(2)16(11-12)18(20)15-7-3-5-14-6-4-10-19-17(14)15/h4,6,8-11,15H,3,5,7H2,1-2H3. The van der Waals surface area contributed by atoms with E-state index in [0.29, 0.717) is 0 Å². The van der Waals surface area contributed by atoms with Gasteiger partial charge < -0.3 is 0 Å². The predicted molar refractivity (Wildman–Crippen MR) is 80.2 cm³/mol. The molecule has 1 aromatic heterocycles. The number of benzene rings is 1. The van der Waals surface area contributed by atoms with Crippen LogP contribution in [0.5, 0.6) is 0 Å². The van der Waals surface area contributed by atoms with Crippen molar-refractivity contribution in [3.05, 3.63) is 64.5 Å². The monoisotopic (exact) mass is 265 g/mol. The largest absolute Gasteiger partial charge is 0.293 e. The van der Waals surface area contributed by atoms with Crippen molar-refractivity contribution in [2.75, 3.05) is 0 Å². The van der Waals surface area contributed by atoms with E-state index in [4.69, 9.17) is 0 Å². The molecule has 2 nitrogen and oxygen atoms in total. The van der Waals surface area contributed by atoms with Crippen LogP contribution in [-0.2, 0) is 6.42 Å². The SMILES string of the molecule is Cc1ccc(C)c(C(=O)C2CCCc3cccnc32)c1. The van der Waals surface area contributed by atoms with Gasteiger partial charge in [-0.05, 0) is 56.4 Å². The Morgan fingerprint density at radius 3 is 2.95 bits per heavy atom. The first-order valence-electron chi connectivity index (χ1n) is 7.22. The van der Waals surface area contributed by atoms with Crippen molar-refractivity contribution in [1.29, 1.82) is 0 Å². The lowest BCUT2D eigenvalue weighted by Crippen LogP contribution is -2.21. The quantitative estimate of drug-likeness (QED) is 0.768. The van der Waals surface area contributed by atoms with Gasteiger partial charge in [-0.1, -0.05) is 23.8 Å². The fourth-order valence-electron chi connectivity index (χ4n) is 3.05. The van der Waals surface area contributed by atoms with Crippen molar-refractivity contribution >= 4 is 5.78 Å². The van der Waals surface area contributed by atoms with Gasteiger partial charge in [0.05, 0.1) is 11.6 Å². The van der Waals surface area contributed by atoms with E-state index in [1.54, 1.807) is 6.20 Å². The molecule has 1 aliphatic rings. The fourth-order valence-corrected chi connectivity index (χ4v) is 3.05. The summed E-state index contributed by atoms with van der Waals surface area (Å²) in [4.78, 5) is 17.4. The van der Waals surface area contributed by atoms with Gasteiger partial charge in [0.15, 0.2) is 5.78 Å². The molecule has 20 heavy (non-hydrogen) atoms. The number of ketones is 1. The summed E-state index contributed by atoms with van der Waals surface area (Å²) in [6, 6.07) is 10.2. The van der Waals surface area contributed by atoms with E-state index in [1.807, 2.05) is 32.0 Å². The van der Waals surface area contributed by atoms with Gasteiger partial charge in [-0.15, -0.1) is 0 Å². The van der Waals surface area contributed by atoms with Crippen molar-refractivity contribution in [2.24, 2.45) is 0 Å². The van der Waals surface area contributed by atoms with Gasteiger partial charge in [0, 0.05) is 11.8 Å². The number of aryl methyl sites for hydroxylation is 3. The number of hydrogen-bond acceptors (Lipinski definition) is 2. The van der Waals surface area contributed by atoms with Gasteiger partial charge in [0.25, 0.3) is 0 Å². The maximum Gasteiger partial charge on any atom is 0.172 e. The van der Waals surface area contributed by atoms with Crippen LogP contribution in [0.25, 0.3) is 0 Å². The minimum Gasteiger partial charge on any atom is -0.293 e. The number of fused-ring (bicyclic) bond motifs is 1. The number of nitrogens with zero attached hydrogens (tertiary/aromatic N) is 1. The minimum absolute atomic E-state index is 0.0690. The highest BCUT2D eigenvalue weighted by molar-refractivity contribution is 6.02. The molecule has 0 saturated heterocycles. The van der Waals surface area contributed by atoms with E-state index < -0.39 is 0 Å². The van der Waals surface area contributed by atoms with Crippen LogP contribution in [-0.4, -0.2) is 10.8 Å². The van der Waals surface area contributed by atoms with E-state index in [-0.39, 0.29) is 11.7 Å². The molecule has 1 aromatic carbocycles. The number of pyridine rings is 1. The normalized spacial score (nSPS) is 17.6. The first kappa shape index (κ1) is 13.0. The Kier molecular flexibility index (Phi) is 3.39. The molecule has 1 heterocycles. The van der Waals surface area contributed by atoms with Crippen LogP contribution in [0.4, 0.5) is 0 Å². The van der Waals surface area contributed by atoms with Crippen LogP contribution in [0.2, 0.25) is 0 Å². The summed E-state index contributed by atoms with van der Waals surface area (Å²) in [6.45, 7) is 4.04. The van der Waals surface area contributed by atoms with Crippen molar-refractivity contribution in [1.82, 2.24) is 4.98 Å². The van der Waals surface area contributed by atoms with Crippen LogP contribution in [0.3, 0.4) is 0 Å². The van der Waals surface area contributed by atoms with Gasteiger partial charge in [-0.2, -0.15) is 0 Å². The lowest BCUT2D eigenvalue weighted by molar-refractivity contribution is 0.0948. The van der Waals surface area contributed by atoms with Crippen molar-refractivity contribution in [3.8, 4) is 0 Å². The first-order chi connectivity index (χ1) is 9.66. The summed E-state index contributed by atoms with van der Waals surface area (Å²) in [5.74, 6) is 0.159. The Hall–Kier alpha value is -1.96. The number of Topliss-reactive ketones (excluding diaryl/α,β-unsaturated/α-hetero) is 1. The third kappa shape index (κ3) is 2.26. The van der Waals surface area contributed by atoms with Gasteiger partial charge in [0.2, 0.25) is 0 Å². The number of carbonyl (C=O) groups excluding carboxylic acids is 1. The van der Waals surface area contributed by atoms with Crippen molar-refractivity contribution < 1.29 is 4.79 Å². The molecule has 0 spiro atoms. The molecule has 0 fully saturated rings. The van der Waals surface area contributed by atoms with E-state index >= 15 is 0 Å². The third-order valence-corrected chi connectivity index (χ3v) is 4.17. The number of aromatic nitrogens is 1. The molecule has 0 saturated carbocycles. The Morgan fingerprint density at radius 1 is 1.25 bits per heavy atom. The zero-order valence-corrected chi connectivity index (χ0v) is 12.0. The lowest BCUT2D eigenvalue weighted by atomic mass is 9.81. The van der Waals surface area contributed by atoms with Gasteiger partial charge >= 0.3 is 0 Å². The molecule has 102 valence electrons. The summed E-state index contributed by atoms with van der Waals surface area (Å²) in [7, 11) is 0. The molecule has 0 aliphatic heterocycles. The van der Waals surface area contributed by atoms with E-state index in [2.05, 4.69) is 17.1 Å². The molecule has 1 atom stereocenters. The number of carbonyl (C=O) groups is 1. The average Bonchev–Trinajstić information content (AvgIpc) is 2.48. The van der Waals surface area contributed by atoms with Crippen molar-refractivity contribution in [2.45, 2.75) is 39.0 Å². The smallest absolute Gasteiger partial charge is 0.172 e. The molecule has 0 amide bonds. The van der Waals surface area contributed by atoms with Crippen LogP contribution in [0.15, 0.2) is 36.5 Å². The van der Waals surface area contributed by atoms with Gasteiger partial charge in [-0.25, -0.2) is 0 Å². The average molecular weight is 265 g/mol. The molecule has 1 aliphatic carbocycles. The maximum atomic E-state index is 12.9. The highest BCUT2D eigenvalue weighted by atomic mass is 16.1. The molecular formula is C18H19NO. The molecule has 3 rings (SSSR count). The van der Waals surface area contributed by atoms with Crippen LogP contribution in [0, 0.1) is 13.8 Å². The summed E-state index contributed by atoms with van der Waals surface area (Å²) >= 11 is 0. The van der Waals surface area contributed by atoms with Crippen LogP contribution >= 0.6 is 0 Å². The second kappa shape index (κ2) is 5.20. The zero-order valence-electron chi connectivity index (χ0n) is 12.0. The maximum absolute atomic E-state index is 12.9. The van der Waals surface area contributed by atoms with E-state index in [9.17, 15) is 4.79 Å². The molecule has 0 radical (unpaired) electrons. The highest BCUT2D eigenvalue weighted by Gasteiger charge is 2.29. The highest BCUT2D eigenvalue weighted by Crippen LogP contribution is 2.33. The second-order valence-electron chi connectivity index (χ2n) is 5.68. The Balaban J connectivity index is 2.02. The Morgan fingerprint density at radius 2 is 2.10 bits per heavy atom. The topological polar surface area (TPSA) is 30.0 Å². The van der Waals surface area contributed by atoms with E-state index in [0.717, 1.165) is 41.6 Å². The molecule has 0 bridgehead atoms. The fraction of sp³-hybridized carbons (Fsp3) is 0.333. The van der Waals surface area contributed by atoms with Crippen LogP contribution in [0.1, 0.15) is 51.5 Å². The van der Waals surface area contributed by atoms with E-state index in [1.165, 1.54) is 5.56 Å². The molecular weight excluding hydrogens is 246 g/mol. The molecule has 2 heteroatoms. The van der Waals surface area contributed by atoms with Crippen molar-refractivity contribution in [3.63, 3.8) is 0 Å². The zero-order chi connectivity index (χ0) is 14.1. The molecule has 1 unspecified atom stereocenters. The predicted octanol–water partition coefficient (Wildman–Crippen LogP) is 4.00. The minimum atomic E-state index is -0.0690. The Bertz CT molecular complexity index is 660. The lowest BCUT2D eigenvalue weighted by Gasteiger charge is -2.23. The molecule has 2 aromatic rings. The van der Waals surface area contributed by atoms with Gasteiger partial charge in [-0.3, -0.25) is 9.78 Å². The third-order valence-electron chi connectivity index (χ3n) is 4.17. The molecule has 0 N–H and O–H groups in total.